The first-order chi connectivity index (χ1) is 10.6. The lowest BCUT2D eigenvalue weighted by Gasteiger charge is -2.19. The Morgan fingerprint density at radius 1 is 1.18 bits per heavy atom. The normalized spacial score (nSPS) is 12.2. The van der Waals surface area contributed by atoms with Crippen molar-refractivity contribution in [1.29, 1.82) is 0 Å². The number of amides is 3. The standard InChI is InChI=1S/C14H16N2O6/c1-2-13(18)22-8-12(17)16-14(19)15-9-3-4-10-11(7-9)21-6-5-20-10/h3-4,7H,2,5-6,8H2,1H3,(H2,15,16,17,19). The highest BCUT2D eigenvalue weighted by atomic mass is 16.6. The van der Waals surface area contributed by atoms with Gasteiger partial charge in [0.1, 0.15) is 13.2 Å². The van der Waals surface area contributed by atoms with Crippen LogP contribution in [0.25, 0.3) is 0 Å². The molecular formula is C14H16N2O6. The highest BCUT2D eigenvalue weighted by Crippen LogP contribution is 2.32. The monoisotopic (exact) mass is 308 g/mol. The number of fused-ring (bicyclic) bond motifs is 1. The number of urea groups is 1. The van der Waals surface area contributed by atoms with Crippen molar-refractivity contribution in [3.63, 3.8) is 0 Å². The molecule has 22 heavy (non-hydrogen) atoms. The summed E-state index contributed by atoms with van der Waals surface area (Å²) in [5.41, 5.74) is 0.445. The number of ether oxygens (including phenoxy) is 3. The summed E-state index contributed by atoms with van der Waals surface area (Å²) < 4.78 is 15.4. The highest BCUT2D eigenvalue weighted by molar-refractivity contribution is 6.02. The number of imide groups is 1. The summed E-state index contributed by atoms with van der Waals surface area (Å²) in [5, 5.41) is 4.53. The molecule has 8 heteroatoms. The van der Waals surface area contributed by atoms with Crippen molar-refractivity contribution >= 4 is 23.6 Å². The second-order valence-corrected chi connectivity index (χ2v) is 4.37. The second kappa shape index (κ2) is 7.30. The molecule has 0 fully saturated rings. The van der Waals surface area contributed by atoms with Crippen LogP contribution in [0.2, 0.25) is 0 Å². The van der Waals surface area contributed by atoms with Crippen LogP contribution < -0.4 is 20.1 Å². The van der Waals surface area contributed by atoms with Crippen molar-refractivity contribution in [2.75, 3.05) is 25.1 Å². The molecule has 2 N–H and O–H groups in total. The van der Waals surface area contributed by atoms with Crippen LogP contribution in [0.5, 0.6) is 11.5 Å². The molecular weight excluding hydrogens is 292 g/mol. The van der Waals surface area contributed by atoms with E-state index in [1.54, 1.807) is 25.1 Å². The lowest BCUT2D eigenvalue weighted by molar-refractivity contribution is -0.147. The van der Waals surface area contributed by atoms with Gasteiger partial charge in [-0.25, -0.2) is 4.79 Å². The Hall–Kier alpha value is -2.77. The van der Waals surface area contributed by atoms with E-state index in [1.807, 2.05) is 5.32 Å². The Labute approximate surface area is 126 Å². The first kappa shape index (κ1) is 15.6. The Morgan fingerprint density at radius 2 is 1.91 bits per heavy atom. The first-order valence-corrected chi connectivity index (χ1v) is 6.74. The number of carbonyl (C=O) groups excluding carboxylic acids is 3. The average Bonchev–Trinajstić information content (AvgIpc) is 2.52. The van der Waals surface area contributed by atoms with Crippen LogP contribution in [0.3, 0.4) is 0 Å². The predicted octanol–water partition coefficient (Wildman–Crippen LogP) is 1.06. The Morgan fingerprint density at radius 3 is 2.64 bits per heavy atom. The van der Waals surface area contributed by atoms with E-state index in [1.165, 1.54) is 0 Å². The summed E-state index contributed by atoms with van der Waals surface area (Å²) in [6, 6.07) is 4.15. The van der Waals surface area contributed by atoms with Crippen molar-refractivity contribution in [2.45, 2.75) is 13.3 Å². The number of nitrogens with one attached hydrogen (secondary N) is 2. The number of esters is 1. The largest absolute Gasteiger partial charge is 0.486 e. The van der Waals surface area contributed by atoms with Crippen molar-refractivity contribution < 1.29 is 28.6 Å². The van der Waals surface area contributed by atoms with Crippen LogP contribution >= 0.6 is 0 Å². The van der Waals surface area contributed by atoms with E-state index >= 15 is 0 Å². The van der Waals surface area contributed by atoms with Gasteiger partial charge in [-0.15, -0.1) is 0 Å². The molecule has 0 unspecified atom stereocenters. The van der Waals surface area contributed by atoms with Crippen LogP contribution in [-0.2, 0) is 14.3 Å². The molecule has 1 aromatic rings. The summed E-state index contributed by atoms with van der Waals surface area (Å²) in [4.78, 5) is 34.0. The lowest BCUT2D eigenvalue weighted by Crippen LogP contribution is -2.37. The SMILES string of the molecule is CCC(=O)OCC(=O)NC(=O)Nc1ccc2c(c1)OCCO2. The van der Waals surface area contributed by atoms with Crippen molar-refractivity contribution in [3.05, 3.63) is 18.2 Å². The van der Waals surface area contributed by atoms with Gasteiger partial charge in [0.15, 0.2) is 18.1 Å². The maximum absolute atomic E-state index is 11.6. The van der Waals surface area contributed by atoms with E-state index < -0.39 is 24.5 Å². The van der Waals surface area contributed by atoms with Gasteiger partial charge in [-0.05, 0) is 12.1 Å². The van der Waals surface area contributed by atoms with Gasteiger partial charge in [0.2, 0.25) is 0 Å². The average molecular weight is 308 g/mol. The van der Waals surface area contributed by atoms with E-state index in [0.29, 0.717) is 30.4 Å². The van der Waals surface area contributed by atoms with Gasteiger partial charge in [-0.3, -0.25) is 14.9 Å². The molecule has 0 spiro atoms. The van der Waals surface area contributed by atoms with E-state index in [-0.39, 0.29) is 6.42 Å². The highest BCUT2D eigenvalue weighted by Gasteiger charge is 2.14. The maximum atomic E-state index is 11.6. The maximum Gasteiger partial charge on any atom is 0.325 e. The minimum Gasteiger partial charge on any atom is -0.486 e. The predicted molar refractivity (Wildman–Crippen MR) is 75.8 cm³/mol. The van der Waals surface area contributed by atoms with Crippen LogP contribution in [0.15, 0.2) is 18.2 Å². The molecule has 1 aliphatic rings. The lowest BCUT2D eigenvalue weighted by atomic mass is 10.2. The van der Waals surface area contributed by atoms with Crippen LogP contribution in [0.1, 0.15) is 13.3 Å². The van der Waals surface area contributed by atoms with Crippen LogP contribution in [0, 0.1) is 0 Å². The Kier molecular flexibility index (Phi) is 5.18. The fraction of sp³-hybridized carbons (Fsp3) is 0.357. The number of hydrogen-bond donors (Lipinski definition) is 2. The number of benzene rings is 1. The minimum absolute atomic E-state index is 0.163. The third kappa shape index (κ3) is 4.37. The fourth-order valence-electron chi connectivity index (χ4n) is 1.69. The van der Waals surface area contributed by atoms with Crippen LogP contribution in [0.4, 0.5) is 10.5 Å². The molecule has 0 atom stereocenters. The molecule has 0 aliphatic carbocycles. The molecule has 1 aromatic carbocycles. The molecule has 3 amide bonds. The zero-order chi connectivity index (χ0) is 15.9. The Bertz CT molecular complexity index is 587. The third-order valence-corrected chi connectivity index (χ3v) is 2.71. The molecule has 1 aliphatic heterocycles. The first-order valence-electron chi connectivity index (χ1n) is 6.74. The van der Waals surface area contributed by atoms with Crippen molar-refractivity contribution in [3.8, 4) is 11.5 Å². The molecule has 0 radical (unpaired) electrons. The minimum atomic E-state index is -0.728. The third-order valence-electron chi connectivity index (χ3n) is 2.71. The zero-order valence-corrected chi connectivity index (χ0v) is 12.0. The molecule has 0 bridgehead atoms. The summed E-state index contributed by atoms with van der Waals surface area (Å²) in [5.74, 6) is -0.105. The second-order valence-electron chi connectivity index (χ2n) is 4.37. The van der Waals surface area contributed by atoms with Crippen molar-refractivity contribution in [1.82, 2.24) is 5.32 Å². The van der Waals surface area contributed by atoms with Gasteiger partial charge in [0.05, 0.1) is 0 Å². The van der Waals surface area contributed by atoms with Gasteiger partial charge in [0, 0.05) is 18.2 Å². The summed E-state index contributed by atoms with van der Waals surface area (Å²) in [6.07, 6.45) is 0.163. The number of hydrogen-bond acceptors (Lipinski definition) is 6. The summed E-state index contributed by atoms with van der Waals surface area (Å²) in [6.45, 7) is 2.02. The fourth-order valence-corrected chi connectivity index (χ4v) is 1.69. The van der Waals surface area contributed by atoms with E-state index in [0.717, 1.165) is 0 Å². The number of anilines is 1. The van der Waals surface area contributed by atoms with E-state index in [9.17, 15) is 14.4 Å². The smallest absolute Gasteiger partial charge is 0.325 e. The van der Waals surface area contributed by atoms with Crippen molar-refractivity contribution in [2.24, 2.45) is 0 Å². The number of carbonyl (C=O) groups is 3. The summed E-state index contributed by atoms with van der Waals surface area (Å²) in [7, 11) is 0. The van der Waals surface area contributed by atoms with Gasteiger partial charge < -0.3 is 19.5 Å². The molecule has 1 heterocycles. The van der Waals surface area contributed by atoms with E-state index in [2.05, 4.69) is 10.1 Å². The van der Waals surface area contributed by atoms with E-state index in [4.69, 9.17) is 9.47 Å². The van der Waals surface area contributed by atoms with Gasteiger partial charge in [0.25, 0.3) is 5.91 Å². The van der Waals surface area contributed by atoms with Gasteiger partial charge in [-0.1, -0.05) is 6.92 Å². The summed E-state index contributed by atoms with van der Waals surface area (Å²) >= 11 is 0. The molecule has 8 nitrogen and oxygen atoms in total. The van der Waals surface area contributed by atoms with Gasteiger partial charge >= 0.3 is 12.0 Å². The molecule has 0 aromatic heterocycles. The topological polar surface area (TPSA) is 103 Å². The zero-order valence-electron chi connectivity index (χ0n) is 12.0. The van der Waals surface area contributed by atoms with Gasteiger partial charge in [-0.2, -0.15) is 0 Å². The number of rotatable bonds is 4. The molecule has 118 valence electrons. The Balaban J connectivity index is 1.84. The quantitative estimate of drug-likeness (QED) is 0.806. The molecule has 0 saturated carbocycles. The molecule has 0 saturated heterocycles. The van der Waals surface area contributed by atoms with Crippen LogP contribution in [-0.4, -0.2) is 37.7 Å². The molecule has 2 rings (SSSR count).